The number of hydrogen-bond acceptors (Lipinski definition) is 4. The van der Waals surface area contributed by atoms with Crippen molar-refractivity contribution in [3.05, 3.63) is 30.1 Å². The van der Waals surface area contributed by atoms with Crippen LogP contribution < -0.4 is 4.74 Å². The zero-order valence-corrected chi connectivity index (χ0v) is 15.4. The summed E-state index contributed by atoms with van der Waals surface area (Å²) >= 11 is 0. The standard InChI is InChI=1S/C20H26N4O2/c1-3-15(25)12-24-20(22-19(23-24)13-6-4-5-7-13)18-11-14-10-16(26-2)8-9-17(14)21-18/h8-11,13,15,21,25H,3-7,12H2,1-2H3/t15-/m1/s1. The summed E-state index contributed by atoms with van der Waals surface area (Å²) in [6.07, 6.45) is 5.09. The van der Waals surface area contributed by atoms with E-state index in [0.29, 0.717) is 18.9 Å². The second-order valence-corrected chi connectivity index (χ2v) is 7.16. The van der Waals surface area contributed by atoms with Gasteiger partial charge < -0.3 is 14.8 Å². The number of rotatable bonds is 6. The summed E-state index contributed by atoms with van der Waals surface area (Å²) in [6, 6.07) is 8.04. The van der Waals surface area contributed by atoms with Gasteiger partial charge in [-0.2, -0.15) is 5.10 Å². The first-order chi connectivity index (χ1) is 12.7. The van der Waals surface area contributed by atoms with E-state index in [2.05, 4.69) is 11.1 Å². The predicted molar refractivity (Wildman–Crippen MR) is 101 cm³/mol. The van der Waals surface area contributed by atoms with Crippen LogP contribution in [0.4, 0.5) is 0 Å². The minimum Gasteiger partial charge on any atom is -0.497 e. The molecule has 2 aromatic heterocycles. The quantitative estimate of drug-likeness (QED) is 0.705. The van der Waals surface area contributed by atoms with Crippen LogP contribution in [0.5, 0.6) is 5.75 Å². The summed E-state index contributed by atoms with van der Waals surface area (Å²) in [7, 11) is 1.67. The molecular weight excluding hydrogens is 328 g/mol. The number of aliphatic hydroxyl groups excluding tert-OH is 1. The van der Waals surface area contributed by atoms with Crippen LogP contribution >= 0.6 is 0 Å². The van der Waals surface area contributed by atoms with Gasteiger partial charge >= 0.3 is 0 Å². The average Bonchev–Trinajstić information content (AvgIpc) is 3.39. The molecule has 0 unspecified atom stereocenters. The highest BCUT2D eigenvalue weighted by Gasteiger charge is 2.24. The highest BCUT2D eigenvalue weighted by atomic mass is 16.5. The Kier molecular flexibility index (Phi) is 4.68. The number of fused-ring (bicyclic) bond motifs is 1. The second kappa shape index (κ2) is 7.11. The maximum absolute atomic E-state index is 10.2. The molecule has 3 aromatic rings. The van der Waals surface area contributed by atoms with E-state index in [1.54, 1.807) is 7.11 Å². The maximum Gasteiger partial charge on any atom is 0.174 e. The molecule has 6 heteroatoms. The van der Waals surface area contributed by atoms with Gasteiger partial charge in [-0.25, -0.2) is 9.67 Å². The van der Waals surface area contributed by atoms with Gasteiger partial charge in [0.15, 0.2) is 11.6 Å². The minimum absolute atomic E-state index is 0.420. The number of H-pyrrole nitrogens is 1. The van der Waals surface area contributed by atoms with Crippen LogP contribution in [-0.2, 0) is 6.54 Å². The smallest absolute Gasteiger partial charge is 0.174 e. The lowest BCUT2D eigenvalue weighted by Crippen LogP contribution is -2.17. The van der Waals surface area contributed by atoms with Crippen molar-refractivity contribution in [2.45, 2.75) is 57.6 Å². The van der Waals surface area contributed by atoms with E-state index in [0.717, 1.165) is 46.8 Å². The van der Waals surface area contributed by atoms with Crippen LogP contribution in [0.1, 0.15) is 50.8 Å². The fourth-order valence-corrected chi connectivity index (χ4v) is 3.73. The molecule has 2 N–H and O–H groups in total. The highest BCUT2D eigenvalue weighted by molar-refractivity contribution is 5.86. The number of nitrogens with zero attached hydrogens (tertiary/aromatic N) is 3. The van der Waals surface area contributed by atoms with Gasteiger partial charge in [0.05, 0.1) is 25.5 Å². The molecule has 6 nitrogen and oxygen atoms in total. The molecule has 0 radical (unpaired) electrons. The van der Waals surface area contributed by atoms with Crippen LogP contribution in [0.15, 0.2) is 24.3 Å². The van der Waals surface area contributed by atoms with Crippen molar-refractivity contribution in [1.82, 2.24) is 19.7 Å². The highest BCUT2D eigenvalue weighted by Crippen LogP contribution is 2.34. The zero-order valence-electron chi connectivity index (χ0n) is 15.4. The molecule has 1 atom stereocenters. The first-order valence-corrected chi connectivity index (χ1v) is 9.48. The largest absolute Gasteiger partial charge is 0.497 e. The fourth-order valence-electron chi connectivity index (χ4n) is 3.73. The number of methoxy groups -OCH3 is 1. The molecule has 0 bridgehead atoms. The number of aliphatic hydroxyl groups is 1. The van der Waals surface area contributed by atoms with E-state index in [-0.39, 0.29) is 0 Å². The Balaban J connectivity index is 1.75. The van der Waals surface area contributed by atoms with Gasteiger partial charge in [0.25, 0.3) is 0 Å². The number of aromatic amines is 1. The van der Waals surface area contributed by atoms with Gasteiger partial charge in [0, 0.05) is 16.8 Å². The van der Waals surface area contributed by atoms with Crippen molar-refractivity contribution >= 4 is 10.9 Å². The van der Waals surface area contributed by atoms with Gasteiger partial charge in [-0.3, -0.25) is 0 Å². The van der Waals surface area contributed by atoms with Gasteiger partial charge in [-0.05, 0) is 43.5 Å². The Morgan fingerprint density at radius 1 is 1.31 bits per heavy atom. The molecule has 1 aliphatic rings. The van der Waals surface area contributed by atoms with E-state index in [9.17, 15) is 5.11 Å². The maximum atomic E-state index is 10.2. The summed E-state index contributed by atoms with van der Waals surface area (Å²) in [5, 5.41) is 16.0. The molecule has 1 saturated carbocycles. The van der Waals surface area contributed by atoms with Crippen molar-refractivity contribution in [1.29, 1.82) is 0 Å². The van der Waals surface area contributed by atoms with E-state index in [1.807, 2.05) is 29.8 Å². The van der Waals surface area contributed by atoms with E-state index in [4.69, 9.17) is 14.8 Å². The van der Waals surface area contributed by atoms with E-state index >= 15 is 0 Å². The van der Waals surface area contributed by atoms with Gasteiger partial charge in [-0.15, -0.1) is 0 Å². The number of benzene rings is 1. The summed E-state index contributed by atoms with van der Waals surface area (Å²) in [5.41, 5.74) is 1.96. The van der Waals surface area contributed by atoms with Crippen LogP contribution in [0, 0.1) is 0 Å². The summed E-state index contributed by atoms with van der Waals surface area (Å²) < 4.78 is 7.18. The number of aromatic nitrogens is 4. The molecule has 0 spiro atoms. The minimum atomic E-state index is -0.420. The van der Waals surface area contributed by atoms with Crippen LogP contribution in [-0.4, -0.2) is 38.1 Å². The Morgan fingerprint density at radius 3 is 2.85 bits per heavy atom. The molecule has 1 aromatic carbocycles. The molecule has 0 aliphatic heterocycles. The average molecular weight is 354 g/mol. The molecular formula is C20H26N4O2. The summed E-state index contributed by atoms with van der Waals surface area (Å²) in [5.74, 6) is 2.99. The number of nitrogens with one attached hydrogen (secondary N) is 1. The lowest BCUT2D eigenvalue weighted by atomic mass is 10.1. The summed E-state index contributed by atoms with van der Waals surface area (Å²) in [6.45, 7) is 2.44. The molecule has 1 fully saturated rings. The molecule has 26 heavy (non-hydrogen) atoms. The van der Waals surface area contributed by atoms with Crippen molar-refractivity contribution in [2.75, 3.05) is 7.11 Å². The Morgan fingerprint density at radius 2 is 2.12 bits per heavy atom. The molecule has 0 saturated heterocycles. The van der Waals surface area contributed by atoms with Gasteiger partial charge in [0.2, 0.25) is 0 Å². The van der Waals surface area contributed by atoms with Crippen LogP contribution in [0.25, 0.3) is 22.4 Å². The van der Waals surface area contributed by atoms with Crippen LogP contribution in [0.3, 0.4) is 0 Å². The first kappa shape index (κ1) is 17.1. The predicted octanol–water partition coefficient (Wildman–Crippen LogP) is 3.86. The lowest BCUT2D eigenvalue weighted by molar-refractivity contribution is 0.145. The third-order valence-corrected chi connectivity index (χ3v) is 5.33. The molecule has 4 rings (SSSR count). The molecule has 0 amide bonds. The molecule has 1 aliphatic carbocycles. The van der Waals surface area contributed by atoms with Crippen molar-refractivity contribution in [3.8, 4) is 17.3 Å². The number of ether oxygens (including phenoxy) is 1. The fraction of sp³-hybridized carbons (Fsp3) is 0.500. The second-order valence-electron chi connectivity index (χ2n) is 7.16. The van der Waals surface area contributed by atoms with E-state index < -0.39 is 6.10 Å². The van der Waals surface area contributed by atoms with Crippen molar-refractivity contribution < 1.29 is 9.84 Å². The van der Waals surface area contributed by atoms with Crippen molar-refractivity contribution in [2.24, 2.45) is 0 Å². The van der Waals surface area contributed by atoms with Crippen LogP contribution in [0.2, 0.25) is 0 Å². The Hall–Kier alpha value is -2.34. The lowest BCUT2D eigenvalue weighted by Gasteiger charge is -2.09. The SMILES string of the molecule is CC[C@@H](O)Cn1nc(C2CCCC2)nc1-c1cc2cc(OC)ccc2[nH]1. The Labute approximate surface area is 153 Å². The third kappa shape index (κ3) is 3.21. The summed E-state index contributed by atoms with van der Waals surface area (Å²) in [4.78, 5) is 8.30. The third-order valence-electron chi connectivity index (χ3n) is 5.33. The molecule has 138 valence electrons. The number of hydrogen-bond donors (Lipinski definition) is 2. The first-order valence-electron chi connectivity index (χ1n) is 9.48. The topological polar surface area (TPSA) is 76.0 Å². The van der Waals surface area contributed by atoms with Gasteiger partial charge in [-0.1, -0.05) is 19.8 Å². The van der Waals surface area contributed by atoms with Gasteiger partial charge in [0.1, 0.15) is 5.75 Å². The zero-order chi connectivity index (χ0) is 18.1. The normalized spacial score (nSPS) is 16.4. The monoisotopic (exact) mass is 354 g/mol. The van der Waals surface area contributed by atoms with E-state index in [1.165, 1.54) is 12.8 Å². The Bertz CT molecular complexity index is 892. The molecule has 2 heterocycles. The van der Waals surface area contributed by atoms with Crippen molar-refractivity contribution in [3.63, 3.8) is 0 Å².